The summed E-state index contributed by atoms with van der Waals surface area (Å²) < 4.78 is 5.60. The van der Waals surface area contributed by atoms with Gasteiger partial charge in [0.25, 0.3) is 0 Å². The van der Waals surface area contributed by atoms with E-state index in [2.05, 4.69) is 15.6 Å². The van der Waals surface area contributed by atoms with Gasteiger partial charge in [0.2, 0.25) is 17.8 Å². The number of primary amides is 1. The number of furan rings is 1. The van der Waals surface area contributed by atoms with E-state index in [9.17, 15) is 14.9 Å². The summed E-state index contributed by atoms with van der Waals surface area (Å²) in [5, 5.41) is 15.8. The molecule has 34 heavy (non-hydrogen) atoms. The molecule has 4 rings (SSSR count). The van der Waals surface area contributed by atoms with E-state index in [1.165, 1.54) is 0 Å². The molecule has 0 spiro atoms. The maximum absolute atomic E-state index is 13.3. The van der Waals surface area contributed by atoms with Gasteiger partial charge < -0.3 is 20.4 Å². The normalized spacial score (nSPS) is 16.7. The molecule has 1 atom stereocenters. The Bertz CT molecular complexity index is 1290. The van der Waals surface area contributed by atoms with Crippen LogP contribution in [0.15, 0.2) is 57.9 Å². The Morgan fingerprint density at radius 1 is 1.26 bits per heavy atom. The number of aliphatic imine (C=N–C) groups is 1. The van der Waals surface area contributed by atoms with Crippen LogP contribution in [-0.4, -0.2) is 35.3 Å². The lowest BCUT2D eigenvalue weighted by molar-refractivity contribution is -0.132. The molecular weight excluding hydrogens is 432 g/mol. The molecule has 3 aromatic rings. The Balaban J connectivity index is 1.53. The minimum atomic E-state index is -0.634. The number of hydrogen-bond acceptors (Lipinski definition) is 5. The maximum Gasteiger partial charge on any atom is 0.248 e. The quantitative estimate of drug-likeness (QED) is 0.232. The molecule has 174 valence electrons. The van der Waals surface area contributed by atoms with Crippen molar-refractivity contribution in [2.75, 3.05) is 11.9 Å². The summed E-state index contributed by atoms with van der Waals surface area (Å²) in [5.41, 5.74) is 8.10. The maximum atomic E-state index is 13.3. The van der Waals surface area contributed by atoms with Gasteiger partial charge >= 0.3 is 0 Å². The van der Waals surface area contributed by atoms with Gasteiger partial charge in [0.15, 0.2) is 6.19 Å². The predicted octanol–water partition coefficient (Wildman–Crippen LogP) is 3.26. The summed E-state index contributed by atoms with van der Waals surface area (Å²) in [5.74, 6) is 0.384. The lowest BCUT2D eigenvalue weighted by atomic mass is 10.1. The van der Waals surface area contributed by atoms with Crippen LogP contribution in [0.5, 0.6) is 0 Å². The summed E-state index contributed by atoms with van der Waals surface area (Å²) in [7, 11) is 0. The first-order chi connectivity index (χ1) is 16.4. The van der Waals surface area contributed by atoms with Crippen molar-refractivity contribution in [3.05, 3.63) is 65.4 Å². The van der Waals surface area contributed by atoms with Crippen molar-refractivity contribution in [3.8, 4) is 6.19 Å². The molecule has 1 aromatic heterocycles. The van der Waals surface area contributed by atoms with Gasteiger partial charge in [0, 0.05) is 29.7 Å². The van der Waals surface area contributed by atoms with E-state index < -0.39 is 11.9 Å². The van der Waals surface area contributed by atoms with E-state index >= 15 is 0 Å². The molecule has 0 unspecified atom stereocenters. The first kappa shape index (κ1) is 22.9. The van der Waals surface area contributed by atoms with Gasteiger partial charge in [0.05, 0.1) is 0 Å². The van der Waals surface area contributed by atoms with E-state index in [1.807, 2.05) is 43.4 Å². The van der Waals surface area contributed by atoms with E-state index in [0.717, 1.165) is 40.8 Å². The SMILES string of the molecule is Cc1cc2cc(NC(=N[C@H]3CCCCN(Cc4cccc(C(N)=O)c4)C3=O)NC#N)ccc2o1. The van der Waals surface area contributed by atoms with Crippen molar-refractivity contribution < 1.29 is 14.0 Å². The van der Waals surface area contributed by atoms with Gasteiger partial charge in [-0.15, -0.1) is 0 Å². The van der Waals surface area contributed by atoms with E-state index in [1.54, 1.807) is 23.1 Å². The second-order valence-corrected chi connectivity index (χ2v) is 8.29. The number of guanidine groups is 1. The van der Waals surface area contributed by atoms with Crippen molar-refractivity contribution in [3.63, 3.8) is 0 Å². The molecule has 1 fully saturated rings. The number of likely N-dealkylation sites (tertiary alicyclic amines) is 1. The molecule has 1 saturated heterocycles. The number of nitrogens with zero attached hydrogens (tertiary/aromatic N) is 3. The summed E-state index contributed by atoms with van der Waals surface area (Å²) in [4.78, 5) is 31.1. The molecule has 2 heterocycles. The third-order valence-corrected chi connectivity index (χ3v) is 5.70. The fraction of sp³-hybridized carbons (Fsp3) is 0.280. The Hall–Kier alpha value is -4.32. The molecule has 0 saturated carbocycles. The van der Waals surface area contributed by atoms with Crippen LogP contribution >= 0.6 is 0 Å². The highest BCUT2D eigenvalue weighted by molar-refractivity contribution is 5.98. The first-order valence-corrected chi connectivity index (χ1v) is 11.1. The van der Waals surface area contributed by atoms with Crippen molar-refractivity contribution in [2.45, 2.75) is 38.8 Å². The zero-order chi connectivity index (χ0) is 24.1. The summed E-state index contributed by atoms with van der Waals surface area (Å²) in [6, 6.07) is 13.8. The molecule has 4 N–H and O–H groups in total. The number of aryl methyl sites for hydroxylation is 1. The topological polar surface area (TPSA) is 137 Å². The fourth-order valence-corrected chi connectivity index (χ4v) is 4.10. The van der Waals surface area contributed by atoms with E-state index in [0.29, 0.717) is 25.1 Å². The van der Waals surface area contributed by atoms with Crippen LogP contribution in [0.1, 0.15) is 40.9 Å². The summed E-state index contributed by atoms with van der Waals surface area (Å²) in [6.07, 6.45) is 4.14. The second-order valence-electron chi connectivity index (χ2n) is 8.29. The molecule has 1 aliphatic rings. The number of nitriles is 1. The largest absolute Gasteiger partial charge is 0.461 e. The summed E-state index contributed by atoms with van der Waals surface area (Å²) in [6.45, 7) is 2.83. The van der Waals surface area contributed by atoms with Crippen LogP contribution in [0.25, 0.3) is 11.0 Å². The number of hydrogen-bond donors (Lipinski definition) is 3. The molecule has 0 radical (unpaired) electrons. The van der Waals surface area contributed by atoms with Crippen LogP contribution in [0.4, 0.5) is 5.69 Å². The smallest absolute Gasteiger partial charge is 0.248 e. The Morgan fingerprint density at radius 2 is 2.12 bits per heavy atom. The Labute approximate surface area is 197 Å². The van der Waals surface area contributed by atoms with Crippen molar-refractivity contribution >= 4 is 34.4 Å². The number of carbonyl (C=O) groups is 2. The van der Waals surface area contributed by atoms with Crippen molar-refractivity contribution in [1.29, 1.82) is 5.26 Å². The highest BCUT2D eigenvalue weighted by Gasteiger charge is 2.27. The van der Waals surface area contributed by atoms with E-state index in [-0.39, 0.29) is 11.9 Å². The predicted molar refractivity (Wildman–Crippen MR) is 129 cm³/mol. The Kier molecular flexibility index (Phi) is 6.78. The summed E-state index contributed by atoms with van der Waals surface area (Å²) >= 11 is 0. The van der Waals surface area contributed by atoms with Gasteiger partial charge in [-0.1, -0.05) is 12.1 Å². The van der Waals surface area contributed by atoms with Gasteiger partial charge in [-0.05, 0) is 68.1 Å². The lowest BCUT2D eigenvalue weighted by Gasteiger charge is -2.23. The van der Waals surface area contributed by atoms with Crippen LogP contribution in [0.2, 0.25) is 0 Å². The molecule has 9 heteroatoms. The monoisotopic (exact) mass is 458 g/mol. The molecule has 2 amide bonds. The number of amides is 2. The Morgan fingerprint density at radius 3 is 2.91 bits per heavy atom. The van der Waals surface area contributed by atoms with Crippen molar-refractivity contribution in [1.82, 2.24) is 10.2 Å². The van der Waals surface area contributed by atoms with Gasteiger partial charge in [-0.25, -0.2) is 4.99 Å². The minimum Gasteiger partial charge on any atom is -0.461 e. The number of rotatable bonds is 5. The van der Waals surface area contributed by atoms with Gasteiger partial charge in [-0.2, -0.15) is 5.26 Å². The average molecular weight is 459 g/mol. The van der Waals surface area contributed by atoms with Crippen molar-refractivity contribution in [2.24, 2.45) is 10.7 Å². The number of nitrogens with one attached hydrogen (secondary N) is 2. The average Bonchev–Trinajstić information content (AvgIpc) is 3.10. The van der Waals surface area contributed by atoms with E-state index in [4.69, 9.17) is 10.2 Å². The highest BCUT2D eigenvalue weighted by atomic mass is 16.3. The fourth-order valence-electron chi connectivity index (χ4n) is 4.10. The van der Waals surface area contributed by atoms with Gasteiger partial charge in [0.1, 0.15) is 17.4 Å². The van der Waals surface area contributed by atoms with Gasteiger partial charge in [-0.3, -0.25) is 14.9 Å². The molecule has 2 aromatic carbocycles. The minimum absolute atomic E-state index is 0.123. The molecule has 0 bridgehead atoms. The third kappa shape index (κ3) is 5.35. The molecule has 0 aliphatic carbocycles. The van der Waals surface area contributed by atoms with Crippen LogP contribution < -0.4 is 16.4 Å². The number of benzene rings is 2. The number of carbonyl (C=O) groups excluding carboxylic acids is 2. The molecular formula is C25H26N6O3. The highest BCUT2D eigenvalue weighted by Crippen LogP contribution is 2.23. The zero-order valence-corrected chi connectivity index (χ0v) is 18.9. The number of nitrogens with two attached hydrogens (primary N) is 1. The number of fused-ring (bicyclic) bond motifs is 1. The molecule has 1 aliphatic heterocycles. The van der Waals surface area contributed by atoms with Crippen LogP contribution in [-0.2, 0) is 11.3 Å². The first-order valence-electron chi connectivity index (χ1n) is 11.1. The second kappa shape index (κ2) is 10.1. The standard InChI is InChI=1S/C25H26N6O3/c1-16-11-19-13-20(8-9-22(19)34-16)29-25(28-15-26)30-21-7-2-3-10-31(24(21)33)14-17-5-4-6-18(12-17)23(27)32/h4-6,8-9,11-13,21H,2-3,7,10,14H2,1H3,(H2,27,32)(H2,28,29,30)/t21-/m0/s1. The zero-order valence-electron chi connectivity index (χ0n) is 18.9. The third-order valence-electron chi connectivity index (χ3n) is 5.70. The lowest BCUT2D eigenvalue weighted by Crippen LogP contribution is -2.38. The van der Waals surface area contributed by atoms with Crippen LogP contribution in [0.3, 0.4) is 0 Å². The van der Waals surface area contributed by atoms with Crippen LogP contribution in [0, 0.1) is 18.4 Å². The molecule has 9 nitrogen and oxygen atoms in total. The number of anilines is 1.